The molecule has 246 valence electrons. The van der Waals surface area contributed by atoms with Crippen molar-refractivity contribution in [1.29, 1.82) is 0 Å². The molecule has 0 spiro atoms. The molecule has 5 N–H and O–H groups in total. The molecule has 1 aliphatic carbocycles. The standard InChI is InChI=1S/C32H41N7O6S/c1-31(2)27(22-4-6-23(7-5-22)30(40)41)8-10-32(3)21-37(11-9-28(31)32)25-18-24(19-26(20-25)39(42)43)29(35-33)38(34)13-12-36-14-16-46(44,45)17-15-36/h4-9,18-20H,10-17,21,33-34H2,1-3H3,(H,40,41)/b35-29-. The Hall–Kier alpha value is -4.27. The zero-order valence-electron chi connectivity index (χ0n) is 26.3. The van der Waals surface area contributed by atoms with Gasteiger partial charge in [0.25, 0.3) is 5.69 Å². The summed E-state index contributed by atoms with van der Waals surface area (Å²) in [6, 6.07) is 11.7. The summed E-state index contributed by atoms with van der Waals surface area (Å²) in [5, 5.41) is 26.6. The number of nitrogens with zero attached hydrogens (tertiary/aromatic N) is 5. The first-order valence-electron chi connectivity index (χ1n) is 15.2. The van der Waals surface area contributed by atoms with Crippen molar-refractivity contribution in [1.82, 2.24) is 9.91 Å². The second kappa shape index (κ2) is 12.5. The van der Waals surface area contributed by atoms with Crippen molar-refractivity contribution in [3.05, 3.63) is 87.0 Å². The minimum atomic E-state index is -3.01. The zero-order valence-corrected chi connectivity index (χ0v) is 27.2. The van der Waals surface area contributed by atoms with E-state index in [1.807, 2.05) is 23.1 Å². The molecule has 1 atom stereocenters. The Bertz CT molecular complexity index is 1720. The van der Waals surface area contributed by atoms with Gasteiger partial charge >= 0.3 is 5.97 Å². The Morgan fingerprint density at radius 1 is 1.09 bits per heavy atom. The van der Waals surface area contributed by atoms with Gasteiger partial charge in [-0.3, -0.25) is 20.0 Å². The summed E-state index contributed by atoms with van der Waals surface area (Å²) < 4.78 is 23.6. The molecule has 0 radical (unpaired) electrons. The topological polar surface area (TPSA) is 189 Å². The number of amidine groups is 1. The van der Waals surface area contributed by atoms with Gasteiger partial charge in [-0.1, -0.05) is 50.6 Å². The third-order valence-electron chi connectivity index (χ3n) is 9.48. The summed E-state index contributed by atoms with van der Waals surface area (Å²) in [6.07, 6.45) is 5.16. The summed E-state index contributed by atoms with van der Waals surface area (Å²) in [5.41, 5.74) is 3.99. The molecule has 2 aromatic carbocycles. The van der Waals surface area contributed by atoms with Crippen LogP contribution in [0.4, 0.5) is 11.4 Å². The molecule has 1 saturated heterocycles. The van der Waals surface area contributed by atoms with E-state index in [1.165, 1.54) is 16.6 Å². The highest BCUT2D eigenvalue weighted by atomic mass is 32.2. The van der Waals surface area contributed by atoms with Crippen molar-refractivity contribution in [2.24, 2.45) is 27.6 Å². The van der Waals surface area contributed by atoms with E-state index in [2.05, 4.69) is 42.9 Å². The average Bonchev–Trinajstić information content (AvgIpc) is 3.00. The lowest BCUT2D eigenvalue weighted by Crippen LogP contribution is -2.48. The number of anilines is 1. The van der Waals surface area contributed by atoms with Crippen LogP contribution in [0.5, 0.6) is 0 Å². The number of non-ortho nitro benzene ring substituents is 1. The predicted molar refractivity (Wildman–Crippen MR) is 178 cm³/mol. The fourth-order valence-electron chi connectivity index (χ4n) is 7.05. The van der Waals surface area contributed by atoms with Crippen LogP contribution in [-0.4, -0.2) is 90.9 Å². The number of aromatic carboxylic acids is 1. The van der Waals surface area contributed by atoms with E-state index in [0.717, 1.165) is 17.6 Å². The largest absolute Gasteiger partial charge is 0.478 e. The number of benzene rings is 2. The molecule has 2 aromatic rings. The van der Waals surface area contributed by atoms with Gasteiger partial charge in [-0.05, 0) is 35.8 Å². The monoisotopic (exact) mass is 651 g/mol. The summed E-state index contributed by atoms with van der Waals surface area (Å²) in [6.45, 7) is 9.31. The van der Waals surface area contributed by atoms with Gasteiger partial charge in [0.15, 0.2) is 15.7 Å². The molecule has 0 bridgehead atoms. The summed E-state index contributed by atoms with van der Waals surface area (Å²) in [7, 11) is -3.01. The molecule has 13 nitrogen and oxygen atoms in total. The Labute approximate surface area is 268 Å². The zero-order chi connectivity index (χ0) is 33.4. The normalized spacial score (nSPS) is 22.8. The number of nitrogens with two attached hydrogens (primary N) is 2. The number of sulfone groups is 1. The van der Waals surface area contributed by atoms with Crippen molar-refractivity contribution in [3.8, 4) is 0 Å². The van der Waals surface area contributed by atoms with Crippen LogP contribution in [0.1, 0.15) is 48.7 Å². The van der Waals surface area contributed by atoms with Gasteiger partial charge < -0.3 is 15.8 Å². The number of fused-ring (bicyclic) bond motifs is 1. The van der Waals surface area contributed by atoms with E-state index < -0.39 is 20.7 Å². The van der Waals surface area contributed by atoms with E-state index >= 15 is 0 Å². The van der Waals surface area contributed by atoms with Gasteiger partial charge in [0.1, 0.15) is 0 Å². The molecule has 5 rings (SSSR count). The van der Waals surface area contributed by atoms with Gasteiger partial charge in [-0.2, -0.15) is 5.10 Å². The number of allylic oxidation sites excluding steroid dienone is 2. The van der Waals surface area contributed by atoms with Crippen LogP contribution in [0.2, 0.25) is 0 Å². The molecule has 14 heteroatoms. The first-order chi connectivity index (χ1) is 21.6. The van der Waals surface area contributed by atoms with Crippen LogP contribution in [0.25, 0.3) is 5.57 Å². The third-order valence-corrected chi connectivity index (χ3v) is 11.1. The van der Waals surface area contributed by atoms with Crippen LogP contribution in [0.15, 0.2) is 65.3 Å². The van der Waals surface area contributed by atoms with Crippen molar-refractivity contribution < 1.29 is 23.2 Å². The highest BCUT2D eigenvalue weighted by Crippen LogP contribution is 2.55. The molecular formula is C32H41N7O6S. The minimum Gasteiger partial charge on any atom is -0.478 e. The number of carboxylic acid groups (broad SMARTS) is 1. The van der Waals surface area contributed by atoms with E-state index in [-0.39, 0.29) is 39.4 Å². The number of carbonyl (C=O) groups is 1. The van der Waals surface area contributed by atoms with E-state index in [4.69, 9.17) is 11.7 Å². The number of carboxylic acids is 1. The highest BCUT2D eigenvalue weighted by Gasteiger charge is 2.46. The first-order valence-corrected chi connectivity index (χ1v) is 17.0. The van der Waals surface area contributed by atoms with E-state index in [9.17, 15) is 28.4 Å². The van der Waals surface area contributed by atoms with Crippen LogP contribution in [-0.2, 0) is 9.84 Å². The van der Waals surface area contributed by atoms with Gasteiger partial charge in [0.2, 0.25) is 0 Å². The lowest BCUT2D eigenvalue weighted by Gasteiger charge is -2.51. The molecule has 2 heterocycles. The minimum absolute atomic E-state index is 0.0999. The van der Waals surface area contributed by atoms with Gasteiger partial charge in [0.05, 0.1) is 22.0 Å². The number of hydrazine groups is 1. The van der Waals surface area contributed by atoms with Crippen molar-refractivity contribution in [2.45, 2.75) is 27.2 Å². The molecule has 0 aromatic heterocycles. The fraction of sp³-hybridized carbons (Fsp3) is 0.438. The van der Waals surface area contributed by atoms with Gasteiger partial charge in [0, 0.05) is 73.5 Å². The lowest BCUT2D eigenvalue weighted by molar-refractivity contribution is -0.384. The lowest BCUT2D eigenvalue weighted by atomic mass is 9.58. The summed E-state index contributed by atoms with van der Waals surface area (Å²) in [5.74, 6) is 11.6. The number of hydrogen-bond donors (Lipinski definition) is 3. The Morgan fingerprint density at radius 3 is 2.37 bits per heavy atom. The number of hydrazone groups is 1. The molecule has 0 amide bonds. The Kier molecular flexibility index (Phi) is 8.99. The predicted octanol–water partition coefficient (Wildman–Crippen LogP) is 3.09. The molecule has 0 saturated carbocycles. The third kappa shape index (κ3) is 6.64. The van der Waals surface area contributed by atoms with Crippen LogP contribution in [0.3, 0.4) is 0 Å². The number of rotatable bonds is 8. The van der Waals surface area contributed by atoms with Gasteiger partial charge in [-0.15, -0.1) is 0 Å². The van der Waals surface area contributed by atoms with E-state index in [0.29, 0.717) is 50.5 Å². The molecule has 46 heavy (non-hydrogen) atoms. The smallest absolute Gasteiger partial charge is 0.335 e. The molecule has 2 aliphatic heterocycles. The molecule has 3 aliphatic rings. The average molecular weight is 652 g/mol. The van der Waals surface area contributed by atoms with E-state index in [1.54, 1.807) is 18.2 Å². The van der Waals surface area contributed by atoms with Crippen LogP contribution >= 0.6 is 0 Å². The highest BCUT2D eigenvalue weighted by molar-refractivity contribution is 7.91. The molecule has 1 fully saturated rings. The number of nitro benzene ring substituents is 1. The number of hydrogen-bond acceptors (Lipinski definition) is 10. The quantitative estimate of drug-likeness (QED) is 0.0950. The fourth-order valence-corrected chi connectivity index (χ4v) is 8.33. The maximum atomic E-state index is 12.0. The second-order valence-corrected chi connectivity index (χ2v) is 15.3. The molecular weight excluding hydrogens is 610 g/mol. The second-order valence-electron chi connectivity index (χ2n) is 13.0. The molecule has 1 unspecified atom stereocenters. The Balaban J connectivity index is 1.38. The summed E-state index contributed by atoms with van der Waals surface area (Å²) >= 11 is 0. The SMILES string of the molecule is CC12CC=C(c3ccc(C(=O)O)cc3)C(C)(C)C1=CCN(c1cc(/C(=N/N)N(N)CCN3CCS(=O)(=O)CC3)cc([N+](=O)[O-])c1)C2. The Morgan fingerprint density at radius 2 is 1.76 bits per heavy atom. The van der Waals surface area contributed by atoms with Crippen LogP contribution < -0.4 is 16.6 Å². The van der Waals surface area contributed by atoms with Crippen molar-refractivity contribution in [2.75, 3.05) is 55.7 Å². The maximum absolute atomic E-state index is 12.0. The van der Waals surface area contributed by atoms with Crippen molar-refractivity contribution in [3.63, 3.8) is 0 Å². The first kappa shape index (κ1) is 33.1. The number of nitro groups is 1. The summed E-state index contributed by atoms with van der Waals surface area (Å²) in [4.78, 5) is 27.1. The maximum Gasteiger partial charge on any atom is 0.335 e. The van der Waals surface area contributed by atoms with Gasteiger partial charge in [-0.25, -0.2) is 19.1 Å². The van der Waals surface area contributed by atoms with Crippen molar-refractivity contribution >= 4 is 38.6 Å². The van der Waals surface area contributed by atoms with Crippen LogP contribution in [0, 0.1) is 20.9 Å².